The van der Waals surface area contributed by atoms with Gasteiger partial charge >= 0.3 is 0 Å². The van der Waals surface area contributed by atoms with Crippen molar-refractivity contribution in [1.29, 1.82) is 0 Å². The summed E-state index contributed by atoms with van der Waals surface area (Å²) in [6, 6.07) is 8.02. The molecule has 0 aliphatic carbocycles. The molecule has 0 radical (unpaired) electrons. The fraction of sp³-hybridized carbons (Fsp3) is 0.200. The number of hydrogen-bond acceptors (Lipinski definition) is 5. The van der Waals surface area contributed by atoms with E-state index in [-0.39, 0.29) is 0 Å². The third kappa shape index (κ3) is 2.44. The molecule has 0 unspecified atom stereocenters. The largest absolute Gasteiger partial charge is 0.485 e. The van der Waals surface area contributed by atoms with Crippen molar-refractivity contribution in [2.45, 2.75) is 20.5 Å². The van der Waals surface area contributed by atoms with E-state index in [4.69, 9.17) is 10.5 Å². The predicted octanol–water partition coefficient (Wildman–Crippen LogP) is 3.47. The molecule has 0 amide bonds. The molecule has 0 saturated heterocycles. The van der Waals surface area contributed by atoms with Crippen molar-refractivity contribution in [2.24, 2.45) is 0 Å². The summed E-state index contributed by atoms with van der Waals surface area (Å²) in [4.78, 5) is 9.64. The second-order valence-corrected chi connectivity index (χ2v) is 5.62. The van der Waals surface area contributed by atoms with Crippen molar-refractivity contribution in [3.63, 3.8) is 0 Å². The van der Waals surface area contributed by atoms with Crippen LogP contribution >= 0.6 is 11.3 Å². The van der Waals surface area contributed by atoms with Gasteiger partial charge in [0.25, 0.3) is 0 Å². The number of aromatic nitrogens is 2. The Kier molecular flexibility index (Phi) is 3.28. The second-order valence-electron chi connectivity index (χ2n) is 4.72. The third-order valence-electron chi connectivity index (χ3n) is 3.09. The number of nitrogens with two attached hydrogens (primary N) is 1. The molecule has 0 aliphatic rings. The van der Waals surface area contributed by atoms with Gasteiger partial charge in [0.15, 0.2) is 5.82 Å². The van der Waals surface area contributed by atoms with Crippen LogP contribution in [0.5, 0.6) is 5.75 Å². The van der Waals surface area contributed by atoms with E-state index in [1.807, 2.05) is 30.5 Å². The van der Waals surface area contributed by atoms with E-state index in [2.05, 4.69) is 23.0 Å². The molecule has 3 aromatic rings. The number of thiophene rings is 1. The molecule has 3 rings (SSSR count). The van der Waals surface area contributed by atoms with Crippen LogP contribution in [0, 0.1) is 13.8 Å². The first-order chi connectivity index (χ1) is 9.63. The van der Waals surface area contributed by atoms with Gasteiger partial charge in [-0.3, -0.25) is 0 Å². The van der Waals surface area contributed by atoms with Gasteiger partial charge in [0.05, 0.1) is 5.39 Å². The zero-order valence-corrected chi connectivity index (χ0v) is 12.2. The van der Waals surface area contributed by atoms with Gasteiger partial charge in [-0.1, -0.05) is 17.7 Å². The monoisotopic (exact) mass is 285 g/mol. The van der Waals surface area contributed by atoms with Gasteiger partial charge in [0.2, 0.25) is 0 Å². The standard InChI is InChI=1S/C15H15N3OS/c1-9-3-4-12(10(2)7-9)19-8-13-17-14(16)11-5-6-20-15(11)18-13/h3-7H,8H2,1-2H3,(H2,16,17,18). The average molecular weight is 285 g/mol. The van der Waals surface area contributed by atoms with Gasteiger partial charge < -0.3 is 10.5 Å². The van der Waals surface area contributed by atoms with Crippen LogP contribution in [0.2, 0.25) is 0 Å². The number of rotatable bonds is 3. The van der Waals surface area contributed by atoms with Crippen molar-refractivity contribution in [2.75, 3.05) is 5.73 Å². The Balaban J connectivity index is 1.82. The number of ether oxygens (including phenoxy) is 1. The highest BCUT2D eigenvalue weighted by Gasteiger charge is 2.07. The summed E-state index contributed by atoms with van der Waals surface area (Å²) in [5.74, 6) is 1.97. The molecule has 5 heteroatoms. The van der Waals surface area contributed by atoms with Crippen LogP contribution in [0.3, 0.4) is 0 Å². The summed E-state index contributed by atoms with van der Waals surface area (Å²) in [6.45, 7) is 4.41. The van der Waals surface area contributed by atoms with E-state index in [1.165, 1.54) is 5.56 Å². The number of hydrogen-bond donors (Lipinski definition) is 1. The van der Waals surface area contributed by atoms with Crippen molar-refractivity contribution in [3.8, 4) is 5.75 Å². The highest BCUT2D eigenvalue weighted by atomic mass is 32.1. The highest BCUT2D eigenvalue weighted by molar-refractivity contribution is 7.16. The number of anilines is 1. The van der Waals surface area contributed by atoms with E-state index in [0.717, 1.165) is 21.5 Å². The summed E-state index contributed by atoms with van der Waals surface area (Å²) in [5.41, 5.74) is 8.24. The normalized spacial score (nSPS) is 10.9. The molecule has 2 N–H and O–H groups in total. The van der Waals surface area contributed by atoms with Crippen LogP contribution in [0.15, 0.2) is 29.6 Å². The molecule has 2 aromatic heterocycles. The molecule has 0 saturated carbocycles. The van der Waals surface area contributed by atoms with Crippen molar-refractivity contribution in [3.05, 3.63) is 46.6 Å². The van der Waals surface area contributed by atoms with E-state index < -0.39 is 0 Å². The first-order valence-electron chi connectivity index (χ1n) is 6.33. The Morgan fingerprint density at radius 2 is 2.05 bits per heavy atom. The fourth-order valence-electron chi connectivity index (χ4n) is 2.09. The number of nitrogen functional groups attached to an aromatic ring is 1. The van der Waals surface area contributed by atoms with Crippen LogP contribution < -0.4 is 10.5 Å². The molecule has 102 valence electrons. The maximum Gasteiger partial charge on any atom is 0.169 e. The Morgan fingerprint density at radius 3 is 2.85 bits per heavy atom. The van der Waals surface area contributed by atoms with Crippen molar-refractivity contribution < 1.29 is 4.74 Å². The molecule has 1 aromatic carbocycles. The van der Waals surface area contributed by atoms with E-state index in [0.29, 0.717) is 18.2 Å². The van der Waals surface area contributed by atoms with Gasteiger partial charge in [-0.2, -0.15) is 0 Å². The Labute approximate surface area is 121 Å². The summed E-state index contributed by atoms with van der Waals surface area (Å²) >= 11 is 1.56. The van der Waals surface area contributed by atoms with Crippen LogP contribution in [0.1, 0.15) is 17.0 Å². The smallest absolute Gasteiger partial charge is 0.169 e. The summed E-state index contributed by atoms with van der Waals surface area (Å²) in [7, 11) is 0. The average Bonchev–Trinajstić information content (AvgIpc) is 2.86. The number of benzene rings is 1. The summed E-state index contributed by atoms with van der Waals surface area (Å²) in [6.07, 6.45) is 0. The SMILES string of the molecule is Cc1ccc(OCc2nc(N)c3ccsc3n2)c(C)c1. The third-order valence-corrected chi connectivity index (χ3v) is 3.89. The molecule has 0 spiro atoms. The van der Waals surface area contributed by atoms with Crippen LogP contribution in [-0.4, -0.2) is 9.97 Å². The Bertz CT molecular complexity index is 767. The minimum atomic E-state index is 0.321. The van der Waals surface area contributed by atoms with E-state index >= 15 is 0 Å². The predicted molar refractivity (Wildman–Crippen MR) is 82.1 cm³/mol. The lowest BCUT2D eigenvalue weighted by molar-refractivity contribution is 0.294. The fourth-order valence-corrected chi connectivity index (χ4v) is 2.88. The molecular formula is C15H15N3OS. The maximum absolute atomic E-state index is 5.92. The van der Waals surface area contributed by atoms with Gasteiger partial charge in [0.1, 0.15) is 23.0 Å². The first kappa shape index (κ1) is 12.9. The van der Waals surface area contributed by atoms with Gasteiger partial charge in [-0.25, -0.2) is 9.97 Å². The lowest BCUT2D eigenvalue weighted by Crippen LogP contribution is -2.04. The quantitative estimate of drug-likeness (QED) is 0.800. The summed E-state index contributed by atoms with van der Waals surface area (Å²) < 4.78 is 5.78. The minimum absolute atomic E-state index is 0.321. The zero-order chi connectivity index (χ0) is 14.1. The van der Waals surface area contributed by atoms with E-state index in [1.54, 1.807) is 11.3 Å². The molecule has 20 heavy (non-hydrogen) atoms. The lowest BCUT2D eigenvalue weighted by atomic mass is 10.1. The lowest BCUT2D eigenvalue weighted by Gasteiger charge is -2.09. The number of aryl methyl sites for hydroxylation is 2. The summed E-state index contributed by atoms with van der Waals surface area (Å²) in [5, 5.41) is 2.87. The zero-order valence-electron chi connectivity index (χ0n) is 11.4. The first-order valence-corrected chi connectivity index (χ1v) is 7.21. The highest BCUT2D eigenvalue weighted by Crippen LogP contribution is 2.24. The molecular weight excluding hydrogens is 270 g/mol. The van der Waals surface area contributed by atoms with Crippen LogP contribution in [-0.2, 0) is 6.61 Å². The molecule has 0 aliphatic heterocycles. The second kappa shape index (κ2) is 5.09. The molecule has 2 heterocycles. The topological polar surface area (TPSA) is 61.0 Å². The number of nitrogens with zero attached hydrogens (tertiary/aromatic N) is 2. The van der Waals surface area contributed by atoms with Crippen LogP contribution in [0.4, 0.5) is 5.82 Å². The van der Waals surface area contributed by atoms with Crippen LogP contribution in [0.25, 0.3) is 10.2 Å². The van der Waals surface area contributed by atoms with Gasteiger partial charge in [-0.15, -0.1) is 11.3 Å². The maximum atomic E-state index is 5.92. The molecule has 0 bridgehead atoms. The van der Waals surface area contributed by atoms with Gasteiger partial charge in [0, 0.05) is 0 Å². The minimum Gasteiger partial charge on any atom is -0.485 e. The van der Waals surface area contributed by atoms with E-state index in [9.17, 15) is 0 Å². The van der Waals surface area contributed by atoms with Crippen molar-refractivity contribution >= 4 is 27.4 Å². The molecule has 4 nitrogen and oxygen atoms in total. The Morgan fingerprint density at radius 1 is 1.20 bits per heavy atom. The Hall–Kier alpha value is -2.14. The van der Waals surface area contributed by atoms with Gasteiger partial charge in [-0.05, 0) is 36.9 Å². The molecule has 0 fully saturated rings. The number of fused-ring (bicyclic) bond motifs is 1. The molecule has 0 atom stereocenters. The van der Waals surface area contributed by atoms with Crippen molar-refractivity contribution in [1.82, 2.24) is 9.97 Å².